The van der Waals surface area contributed by atoms with Gasteiger partial charge >= 0.3 is 0 Å². The third-order valence-electron chi connectivity index (χ3n) is 1.58. The molecule has 1 unspecified atom stereocenters. The molecule has 0 saturated carbocycles. The van der Waals surface area contributed by atoms with Gasteiger partial charge in [0.15, 0.2) is 5.16 Å². The summed E-state index contributed by atoms with van der Waals surface area (Å²) in [4.78, 5) is 8.28. The molecule has 1 aromatic heterocycles. The quantitative estimate of drug-likeness (QED) is 0.530. The second-order valence-electron chi connectivity index (χ2n) is 2.68. The summed E-state index contributed by atoms with van der Waals surface area (Å²) in [7, 11) is 0. The molecular weight excluding hydrogens is 186 g/mol. The van der Waals surface area contributed by atoms with Crippen LogP contribution in [0.5, 0.6) is 0 Å². The summed E-state index contributed by atoms with van der Waals surface area (Å²) in [5.41, 5.74) is 6.46. The van der Waals surface area contributed by atoms with Gasteiger partial charge in [-0.15, -0.1) is 0 Å². The van der Waals surface area contributed by atoms with Crippen LogP contribution < -0.4 is 5.73 Å². The van der Waals surface area contributed by atoms with Crippen molar-refractivity contribution in [1.82, 2.24) is 9.97 Å². The Morgan fingerprint density at radius 3 is 3.08 bits per heavy atom. The summed E-state index contributed by atoms with van der Waals surface area (Å²) >= 11 is 1.49. The molecule has 3 N–H and O–H groups in total. The molecule has 0 amide bonds. The molecule has 0 aliphatic rings. The molecule has 13 heavy (non-hydrogen) atoms. The van der Waals surface area contributed by atoms with E-state index >= 15 is 0 Å². The van der Waals surface area contributed by atoms with Crippen molar-refractivity contribution in [2.45, 2.75) is 17.6 Å². The summed E-state index contributed by atoms with van der Waals surface area (Å²) in [6, 6.07) is 1.58. The average Bonchev–Trinajstić information content (AvgIpc) is 2.18. The summed E-state index contributed by atoms with van der Waals surface area (Å²) in [6.45, 7) is -0.0153. The molecule has 72 valence electrons. The Morgan fingerprint density at radius 1 is 1.69 bits per heavy atom. The Kier molecular flexibility index (Phi) is 4.14. The average molecular weight is 199 g/mol. The van der Waals surface area contributed by atoms with E-state index in [1.807, 2.05) is 12.3 Å². The third-order valence-corrected chi connectivity index (χ3v) is 2.14. The SMILES string of the molecule is CSc1nccc(CC(N)CO)n1. The van der Waals surface area contributed by atoms with E-state index < -0.39 is 0 Å². The Morgan fingerprint density at radius 2 is 2.46 bits per heavy atom. The van der Waals surface area contributed by atoms with Crippen LogP contribution in [0, 0.1) is 0 Å². The molecule has 0 aliphatic carbocycles. The summed E-state index contributed by atoms with van der Waals surface area (Å²) in [5, 5.41) is 9.49. The molecule has 1 rings (SSSR count). The van der Waals surface area contributed by atoms with Crippen LogP contribution in [0.1, 0.15) is 5.69 Å². The van der Waals surface area contributed by atoms with E-state index in [4.69, 9.17) is 10.8 Å². The lowest BCUT2D eigenvalue weighted by atomic mass is 10.2. The van der Waals surface area contributed by atoms with Crippen molar-refractivity contribution in [1.29, 1.82) is 0 Å². The highest BCUT2D eigenvalue weighted by molar-refractivity contribution is 7.98. The fourth-order valence-corrected chi connectivity index (χ4v) is 1.30. The highest BCUT2D eigenvalue weighted by atomic mass is 32.2. The van der Waals surface area contributed by atoms with E-state index in [1.165, 1.54) is 11.8 Å². The van der Waals surface area contributed by atoms with Crippen LogP contribution in [0.3, 0.4) is 0 Å². The van der Waals surface area contributed by atoms with Crippen molar-refractivity contribution in [3.63, 3.8) is 0 Å². The molecule has 5 heteroatoms. The van der Waals surface area contributed by atoms with E-state index in [0.29, 0.717) is 6.42 Å². The van der Waals surface area contributed by atoms with Crippen molar-refractivity contribution < 1.29 is 5.11 Å². The first-order chi connectivity index (χ1) is 6.26. The third kappa shape index (κ3) is 3.30. The lowest BCUT2D eigenvalue weighted by Crippen LogP contribution is -2.27. The number of rotatable bonds is 4. The van der Waals surface area contributed by atoms with Gasteiger partial charge in [-0.25, -0.2) is 9.97 Å². The van der Waals surface area contributed by atoms with Crippen LogP contribution in [-0.4, -0.2) is 34.0 Å². The van der Waals surface area contributed by atoms with Crippen molar-refractivity contribution in [2.24, 2.45) is 5.73 Å². The van der Waals surface area contributed by atoms with Crippen molar-refractivity contribution in [3.8, 4) is 0 Å². The molecule has 0 aliphatic heterocycles. The number of hydrogen-bond acceptors (Lipinski definition) is 5. The Hall–Kier alpha value is -0.650. The van der Waals surface area contributed by atoms with E-state index in [-0.39, 0.29) is 12.6 Å². The Balaban J connectivity index is 2.66. The van der Waals surface area contributed by atoms with Gasteiger partial charge in [0.1, 0.15) is 0 Å². The van der Waals surface area contributed by atoms with Gasteiger partial charge in [-0.2, -0.15) is 0 Å². The maximum absolute atomic E-state index is 8.75. The highest BCUT2D eigenvalue weighted by Crippen LogP contribution is 2.08. The minimum Gasteiger partial charge on any atom is -0.395 e. The predicted octanol–water partition coefficient (Wildman–Crippen LogP) is 0.0606. The maximum Gasteiger partial charge on any atom is 0.187 e. The zero-order valence-corrected chi connectivity index (χ0v) is 8.29. The van der Waals surface area contributed by atoms with Crippen LogP contribution in [-0.2, 0) is 6.42 Å². The number of hydrogen-bond donors (Lipinski definition) is 2. The summed E-state index contributed by atoms with van der Waals surface area (Å²) in [5.74, 6) is 0. The number of nitrogens with zero attached hydrogens (tertiary/aromatic N) is 2. The number of aliphatic hydroxyl groups excluding tert-OH is 1. The summed E-state index contributed by atoms with van der Waals surface area (Å²) < 4.78 is 0. The van der Waals surface area contributed by atoms with E-state index in [2.05, 4.69) is 9.97 Å². The number of thioether (sulfide) groups is 1. The van der Waals surface area contributed by atoms with Crippen LogP contribution in [0.25, 0.3) is 0 Å². The minimum atomic E-state index is -0.232. The molecule has 0 aromatic carbocycles. The summed E-state index contributed by atoms with van der Waals surface area (Å²) in [6.07, 6.45) is 4.22. The smallest absolute Gasteiger partial charge is 0.187 e. The van der Waals surface area contributed by atoms with Gasteiger partial charge in [0.05, 0.1) is 6.61 Å². The first-order valence-corrected chi connectivity index (χ1v) is 5.21. The first kappa shape index (κ1) is 10.4. The standard InChI is InChI=1S/C8H13N3OS/c1-13-8-10-3-2-7(11-8)4-6(9)5-12/h2-3,6,12H,4-5,9H2,1H3. The fourth-order valence-electron chi connectivity index (χ4n) is 0.921. The van der Waals surface area contributed by atoms with Gasteiger partial charge in [0.2, 0.25) is 0 Å². The molecule has 0 spiro atoms. The second-order valence-corrected chi connectivity index (χ2v) is 3.45. The lowest BCUT2D eigenvalue weighted by molar-refractivity contribution is 0.264. The van der Waals surface area contributed by atoms with E-state index in [1.54, 1.807) is 6.20 Å². The van der Waals surface area contributed by atoms with Crippen LogP contribution in [0.2, 0.25) is 0 Å². The van der Waals surface area contributed by atoms with Gasteiger partial charge in [0, 0.05) is 24.4 Å². The monoisotopic (exact) mass is 199 g/mol. The topological polar surface area (TPSA) is 72.0 Å². The molecule has 1 aromatic rings. The zero-order chi connectivity index (χ0) is 9.68. The molecule has 1 atom stereocenters. The highest BCUT2D eigenvalue weighted by Gasteiger charge is 2.04. The van der Waals surface area contributed by atoms with Gasteiger partial charge < -0.3 is 10.8 Å². The molecule has 0 saturated heterocycles. The van der Waals surface area contributed by atoms with E-state index in [0.717, 1.165) is 10.9 Å². The minimum absolute atomic E-state index is 0.0153. The lowest BCUT2D eigenvalue weighted by Gasteiger charge is -2.06. The number of aromatic nitrogens is 2. The fraction of sp³-hybridized carbons (Fsp3) is 0.500. The second kappa shape index (κ2) is 5.16. The zero-order valence-electron chi connectivity index (χ0n) is 7.47. The molecule has 0 fully saturated rings. The van der Waals surface area contributed by atoms with Crippen molar-refractivity contribution in [3.05, 3.63) is 18.0 Å². The van der Waals surface area contributed by atoms with E-state index in [9.17, 15) is 0 Å². The van der Waals surface area contributed by atoms with Crippen LogP contribution >= 0.6 is 11.8 Å². The maximum atomic E-state index is 8.75. The number of nitrogens with two attached hydrogens (primary N) is 1. The van der Waals surface area contributed by atoms with Crippen LogP contribution in [0.4, 0.5) is 0 Å². The molecule has 4 nitrogen and oxygen atoms in total. The van der Waals surface area contributed by atoms with Gasteiger partial charge in [-0.3, -0.25) is 0 Å². The van der Waals surface area contributed by atoms with Gasteiger partial charge in [-0.05, 0) is 12.3 Å². The normalized spacial score (nSPS) is 12.8. The number of aliphatic hydroxyl groups is 1. The molecule has 1 heterocycles. The Bertz CT molecular complexity index is 269. The van der Waals surface area contributed by atoms with Gasteiger partial charge in [-0.1, -0.05) is 11.8 Å². The van der Waals surface area contributed by atoms with Crippen molar-refractivity contribution >= 4 is 11.8 Å². The van der Waals surface area contributed by atoms with Gasteiger partial charge in [0.25, 0.3) is 0 Å². The first-order valence-electron chi connectivity index (χ1n) is 3.98. The largest absolute Gasteiger partial charge is 0.395 e. The van der Waals surface area contributed by atoms with Crippen LogP contribution in [0.15, 0.2) is 17.4 Å². The molecule has 0 bridgehead atoms. The van der Waals surface area contributed by atoms with Crippen molar-refractivity contribution in [2.75, 3.05) is 12.9 Å². The predicted molar refractivity (Wildman–Crippen MR) is 52.6 cm³/mol. The molecule has 0 radical (unpaired) electrons. The Labute approximate surface area is 81.6 Å². The molecular formula is C8H13N3OS.